The van der Waals surface area contributed by atoms with Gasteiger partial charge in [0.1, 0.15) is 0 Å². The number of unbranched alkanes of at least 4 members (excludes halogenated alkanes) is 2. The van der Waals surface area contributed by atoms with Crippen LogP contribution in [0.3, 0.4) is 0 Å². The largest absolute Gasteiger partial charge is 0.339 e. The lowest BCUT2D eigenvalue weighted by atomic mass is 10.2. The number of nitrogens with one attached hydrogen (secondary N) is 1. The fourth-order valence-electron chi connectivity index (χ4n) is 1.94. The molecule has 0 aliphatic rings. The van der Waals surface area contributed by atoms with Gasteiger partial charge in [0.25, 0.3) is 5.56 Å². The van der Waals surface area contributed by atoms with E-state index in [-0.39, 0.29) is 5.62 Å². The van der Waals surface area contributed by atoms with Crippen molar-refractivity contribution >= 4 is 11.2 Å². The van der Waals surface area contributed by atoms with Gasteiger partial charge in [-0.2, -0.15) is 4.68 Å². The zero-order valence-corrected chi connectivity index (χ0v) is 10.3. The standard InChI is InChI=1S/C10H17N7O/c1-2-3-4-5-16-8-7(13-6-14-8)9(18)17(12)10(16)15-11/h6H,2-5,11-12H2,1H3,(H,13,14)/b15-10-. The molecule has 5 N–H and O–H groups in total. The first-order valence-corrected chi connectivity index (χ1v) is 5.88. The van der Waals surface area contributed by atoms with E-state index in [4.69, 9.17) is 11.7 Å². The van der Waals surface area contributed by atoms with Crippen LogP contribution in [0.15, 0.2) is 16.2 Å². The van der Waals surface area contributed by atoms with Crippen molar-refractivity contribution in [3.8, 4) is 0 Å². The number of H-pyrrole nitrogens is 1. The predicted octanol–water partition coefficient (Wildman–Crippen LogP) is -0.795. The van der Waals surface area contributed by atoms with Gasteiger partial charge >= 0.3 is 0 Å². The van der Waals surface area contributed by atoms with E-state index in [1.54, 1.807) is 4.57 Å². The van der Waals surface area contributed by atoms with Gasteiger partial charge in [0.05, 0.1) is 6.33 Å². The number of nitrogens with zero attached hydrogens (tertiary/aromatic N) is 4. The van der Waals surface area contributed by atoms with Gasteiger partial charge in [-0.25, -0.2) is 4.98 Å². The third-order valence-corrected chi connectivity index (χ3v) is 2.87. The summed E-state index contributed by atoms with van der Waals surface area (Å²) in [6.45, 7) is 2.79. The van der Waals surface area contributed by atoms with Gasteiger partial charge in [0.2, 0.25) is 5.62 Å². The number of hydrogen-bond acceptors (Lipinski definition) is 5. The molecule has 0 radical (unpaired) electrons. The average molecular weight is 251 g/mol. The van der Waals surface area contributed by atoms with E-state index in [0.29, 0.717) is 17.7 Å². The lowest BCUT2D eigenvalue weighted by Crippen LogP contribution is -2.46. The second-order valence-electron chi connectivity index (χ2n) is 4.06. The number of hydrogen-bond donors (Lipinski definition) is 3. The highest BCUT2D eigenvalue weighted by Crippen LogP contribution is 2.03. The molecule has 0 amide bonds. The van der Waals surface area contributed by atoms with Crippen LogP contribution in [0.25, 0.3) is 11.2 Å². The Hall–Kier alpha value is -2.25. The molecule has 2 aromatic rings. The third-order valence-electron chi connectivity index (χ3n) is 2.87. The Labute approximate surface area is 103 Å². The highest BCUT2D eigenvalue weighted by atomic mass is 16.1. The summed E-state index contributed by atoms with van der Waals surface area (Å²) >= 11 is 0. The molecule has 0 saturated heterocycles. The summed E-state index contributed by atoms with van der Waals surface area (Å²) in [7, 11) is 0. The number of aryl methyl sites for hydroxylation is 1. The van der Waals surface area contributed by atoms with Crippen molar-refractivity contribution in [2.24, 2.45) is 10.9 Å². The number of rotatable bonds is 4. The van der Waals surface area contributed by atoms with Crippen LogP contribution in [0.2, 0.25) is 0 Å². The molecule has 0 bridgehead atoms. The second-order valence-corrected chi connectivity index (χ2v) is 4.06. The lowest BCUT2D eigenvalue weighted by molar-refractivity contribution is 0.559. The number of nitrogen functional groups attached to an aromatic ring is 1. The fourth-order valence-corrected chi connectivity index (χ4v) is 1.94. The maximum Gasteiger partial charge on any atom is 0.299 e. The molecule has 0 spiro atoms. The molecule has 0 fully saturated rings. The van der Waals surface area contributed by atoms with Crippen LogP contribution < -0.4 is 22.9 Å². The molecule has 2 aromatic heterocycles. The normalized spacial score (nSPS) is 12.4. The molecule has 8 heteroatoms. The maximum atomic E-state index is 11.9. The quantitative estimate of drug-likeness (QED) is 0.374. The van der Waals surface area contributed by atoms with Crippen molar-refractivity contribution in [3.63, 3.8) is 0 Å². The number of nitrogens with two attached hydrogens (primary N) is 2. The van der Waals surface area contributed by atoms with Crippen LogP contribution in [-0.2, 0) is 6.54 Å². The van der Waals surface area contributed by atoms with Crippen LogP contribution in [0.5, 0.6) is 0 Å². The molecule has 0 aromatic carbocycles. The summed E-state index contributed by atoms with van der Waals surface area (Å²) in [5, 5.41) is 3.59. The zero-order chi connectivity index (χ0) is 13.1. The van der Waals surface area contributed by atoms with Crippen molar-refractivity contribution in [3.05, 3.63) is 22.3 Å². The molecule has 98 valence electrons. The highest BCUT2D eigenvalue weighted by Gasteiger charge is 2.11. The topological polar surface area (TPSA) is 120 Å². The van der Waals surface area contributed by atoms with E-state index in [0.717, 1.165) is 23.9 Å². The summed E-state index contributed by atoms with van der Waals surface area (Å²) in [5.74, 6) is 11.0. The SMILES string of the molecule is CCCCCn1/c(=N/N)n(N)c(=O)c2[nH]cnc21. The van der Waals surface area contributed by atoms with Crippen LogP contribution in [0, 0.1) is 0 Å². The van der Waals surface area contributed by atoms with Crippen molar-refractivity contribution in [1.82, 2.24) is 19.2 Å². The van der Waals surface area contributed by atoms with E-state index in [9.17, 15) is 4.79 Å². The van der Waals surface area contributed by atoms with Crippen molar-refractivity contribution in [2.75, 3.05) is 5.84 Å². The molecule has 0 saturated carbocycles. The van der Waals surface area contributed by atoms with E-state index < -0.39 is 5.56 Å². The molecule has 0 aliphatic heterocycles. The third kappa shape index (κ3) is 1.85. The van der Waals surface area contributed by atoms with Gasteiger partial charge in [0, 0.05) is 6.54 Å². The summed E-state index contributed by atoms with van der Waals surface area (Å²) < 4.78 is 2.69. The molecule has 2 rings (SSSR count). The van der Waals surface area contributed by atoms with Gasteiger partial charge < -0.3 is 16.7 Å². The van der Waals surface area contributed by atoms with E-state index in [1.807, 2.05) is 0 Å². The first-order valence-electron chi connectivity index (χ1n) is 5.88. The van der Waals surface area contributed by atoms with Crippen LogP contribution >= 0.6 is 0 Å². The molecule has 0 atom stereocenters. The Morgan fingerprint density at radius 1 is 1.50 bits per heavy atom. The van der Waals surface area contributed by atoms with E-state index >= 15 is 0 Å². The smallest absolute Gasteiger partial charge is 0.299 e. The van der Waals surface area contributed by atoms with Crippen molar-refractivity contribution in [1.29, 1.82) is 0 Å². The summed E-state index contributed by atoms with van der Waals surface area (Å²) in [4.78, 5) is 18.8. The number of aromatic amines is 1. The Morgan fingerprint density at radius 2 is 2.28 bits per heavy atom. The predicted molar refractivity (Wildman–Crippen MR) is 67.8 cm³/mol. The highest BCUT2D eigenvalue weighted by molar-refractivity contribution is 5.68. The molecular formula is C10H17N7O. The monoisotopic (exact) mass is 251 g/mol. The minimum Gasteiger partial charge on any atom is -0.339 e. The number of aromatic nitrogens is 4. The lowest BCUT2D eigenvalue weighted by Gasteiger charge is -2.10. The maximum absolute atomic E-state index is 11.9. The van der Waals surface area contributed by atoms with Gasteiger partial charge in [-0.3, -0.25) is 9.36 Å². The van der Waals surface area contributed by atoms with Crippen LogP contribution in [0.4, 0.5) is 0 Å². The first-order chi connectivity index (χ1) is 8.70. The van der Waals surface area contributed by atoms with Gasteiger partial charge in [-0.15, -0.1) is 5.10 Å². The summed E-state index contributed by atoms with van der Waals surface area (Å²) in [5.41, 5.74) is 0.720. The van der Waals surface area contributed by atoms with Gasteiger partial charge in [-0.05, 0) is 6.42 Å². The summed E-state index contributed by atoms with van der Waals surface area (Å²) in [6, 6.07) is 0. The van der Waals surface area contributed by atoms with Crippen molar-refractivity contribution in [2.45, 2.75) is 32.7 Å². The zero-order valence-electron chi connectivity index (χ0n) is 10.3. The van der Waals surface area contributed by atoms with Gasteiger partial charge in [-0.1, -0.05) is 19.8 Å². The Morgan fingerprint density at radius 3 is 2.94 bits per heavy atom. The van der Waals surface area contributed by atoms with Gasteiger partial charge in [0.15, 0.2) is 11.2 Å². The minimum atomic E-state index is -0.390. The van der Waals surface area contributed by atoms with Crippen LogP contribution in [0.1, 0.15) is 26.2 Å². The Balaban J connectivity index is 2.65. The molecular weight excluding hydrogens is 234 g/mol. The second kappa shape index (κ2) is 4.94. The molecule has 2 heterocycles. The first kappa shape index (κ1) is 12.2. The van der Waals surface area contributed by atoms with E-state index in [2.05, 4.69) is 22.0 Å². The average Bonchev–Trinajstić information content (AvgIpc) is 2.85. The minimum absolute atomic E-state index is 0.218. The van der Waals surface area contributed by atoms with Crippen molar-refractivity contribution < 1.29 is 0 Å². The Bertz CT molecular complexity index is 663. The Kier molecular flexibility index (Phi) is 3.35. The van der Waals surface area contributed by atoms with E-state index in [1.165, 1.54) is 6.33 Å². The summed E-state index contributed by atoms with van der Waals surface area (Å²) in [6.07, 6.45) is 4.58. The van der Waals surface area contributed by atoms with Crippen LogP contribution in [-0.4, -0.2) is 19.2 Å². The molecule has 0 unspecified atom stereocenters. The molecule has 18 heavy (non-hydrogen) atoms. The fraction of sp³-hybridized carbons (Fsp3) is 0.500. The number of imidazole rings is 1. The molecule has 0 aliphatic carbocycles. The number of fused-ring (bicyclic) bond motifs is 1. The molecule has 8 nitrogen and oxygen atoms in total.